The van der Waals surface area contributed by atoms with Gasteiger partial charge in [0.1, 0.15) is 0 Å². The van der Waals surface area contributed by atoms with Gasteiger partial charge < -0.3 is 15.7 Å². The van der Waals surface area contributed by atoms with Crippen molar-refractivity contribution in [3.8, 4) is 0 Å². The smallest absolute Gasteiger partial charge is 0.222 e. The highest BCUT2D eigenvalue weighted by molar-refractivity contribution is 5.85. The van der Waals surface area contributed by atoms with Crippen LogP contribution < -0.4 is 5.73 Å². The van der Waals surface area contributed by atoms with Crippen LogP contribution in [-0.2, 0) is 11.2 Å². The van der Waals surface area contributed by atoms with Crippen LogP contribution in [0.5, 0.6) is 0 Å². The normalized spacial score (nSPS) is 11.5. The molecule has 2 rings (SSSR count). The fraction of sp³-hybridized carbons (Fsp3) is 0.350. The average molecular weight is 363 g/mol. The van der Waals surface area contributed by atoms with Gasteiger partial charge in [0.05, 0.1) is 12.6 Å². The maximum atomic E-state index is 12.5. The molecule has 0 aliphatic rings. The highest BCUT2D eigenvalue weighted by atomic mass is 35.5. The first-order chi connectivity index (χ1) is 11.5. The first-order valence-corrected chi connectivity index (χ1v) is 8.37. The van der Waals surface area contributed by atoms with Crippen LogP contribution in [0.2, 0.25) is 0 Å². The van der Waals surface area contributed by atoms with E-state index in [2.05, 4.69) is 0 Å². The van der Waals surface area contributed by atoms with Gasteiger partial charge in [0, 0.05) is 18.7 Å². The lowest BCUT2D eigenvalue weighted by Crippen LogP contribution is -2.34. The number of amides is 1. The Balaban J connectivity index is 0.00000312. The summed E-state index contributed by atoms with van der Waals surface area (Å²) in [7, 11) is 0. The number of anilines is 1. The third kappa shape index (κ3) is 6.07. The van der Waals surface area contributed by atoms with E-state index in [0.717, 1.165) is 16.7 Å². The van der Waals surface area contributed by atoms with E-state index in [-0.39, 0.29) is 18.3 Å². The monoisotopic (exact) mass is 362 g/mol. The lowest BCUT2D eigenvalue weighted by Gasteiger charge is -2.24. The summed E-state index contributed by atoms with van der Waals surface area (Å²) in [4.78, 5) is 14.2. The zero-order valence-corrected chi connectivity index (χ0v) is 15.6. The topological polar surface area (TPSA) is 66.6 Å². The minimum Gasteiger partial charge on any atom is -0.399 e. The van der Waals surface area contributed by atoms with Gasteiger partial charge in [-0.15, -0.1) is 12.4 Å². The van der Waals surface area contributed by atoms with Crippen LogP contribution in [0.15, 0.2) is 48.5 Å². The van der Waals surface area contributed by atoms with Crippen LogP contribution in [0.1, 0.15) is 36.1 Å². The van der Waals surface area contributed by atoms with E-state index >= 15 is 0 Å². The largest absolute Gasteiger partial charge is 0.399 e. The van der Waals surface area contributed by atoms with E-state index in [0.29, 0.717) is 31.6 Å². The number of likely N-dealkylation sites (N-methyl/N-ethyl adjacent to an activating group) is 1. The summed E-state index contributed by atoms with van der Waals surface area (Å²) in [5, 5.41) is 10.4. The van der Waals surface area contributed by atoms with E-state index in [9.17, 15) is 9.90 Å². The van der Waals surface area contributed by atoms with Gasteiger partial charge >= 0.3 is 0 Å². The van der Waals surface area contributed by atoms with Gasteiger partial charge in [-0.2, -0.15) is 0 Å². The Kier molecular flexibility index (Phi) is 8.46. The lowest BCUT2D eigenvalue weighted by atomic mass is 10.1. The summed E-state index contributed by atoms with van der Waals surface area (Å²) in [5.74, 6) is 0.0342. The molecular formula is C20H27ClN2O2. The fourth-order valence-corrected chi connectivity index (χ4v) is 2.67. The molecule has 4 nitrogen and oxygen atoms in total. The number of hydrogen-bond donors (Lipinski definition) is 2. The standard InChI is InChI=1S/C20H26N2O2.ClH/c1-3-22(14-19(23)17-10-8-15(2)9-11-17)20(24)13-12-16-6-4-5-7-18(16)21;/h4-11,19,23H,3,12-14,21H2,1-2H3;1H. The van der Waals surface area contributed by atoms with Gasteiger partial charge in [0.15, 0.2) is 0 Å². The fourth-order valence-electron chi connectivity index (χ4n) is 2.67. The summed E-state index contributed by atoms with van der Waals surface area (Å²) >= 11 is 0. The second-order valence-electron chi connectivity index (χ2n) is 6.06. The average Bonchev–Trinajstić information content (AvgIpc) is 2.59. The van der Waals surface area contributed by atoms with E-state index in [1.807, 2.05) is 62.4 Å². The number of para-hydroxylation sites is 1. The van der Waals surface area contributed by atoms with Crippen LogP contribution in [0.25, 0.3) is 0 Å². The van der Waals surface area contributed by atoms with Gasteiger partial charge in [0.2, 0.25) is 5.91 Å². The molecule has 0 spiro atoms. The summed E-state index contributed by atoms with van der Waals surface area (Å²) in [5.41, 5.74) is 9.60. The maximum absolute atomic E-state index is 12.5. The predicted molar refractivity (Wildman–Crippen MR) is 105 cm³/mol. The molecule has 2 aromatic rings. The van der Waals surface area contributed by atoms with Crippen LogP contribution >= 0.6 is 12.4 Å². The van der Waals surface area contributed by atoms with Gasteiger partial charge in [0.25, 0.3) is 0 Å². The number of carbonyl (C=O) groups excluding carboxylic acids is 1. The molecule has 0 radical (unpaired) electrons. The number of halogens is 1. The maximum Gasteiger partial charge on any atom is 0.222 e. The third-order valence-corrected chi connectivity index (χ3v) is 4.25. The van der Waals surface area contributed by atoms with Crippen molar-refractivity contribution in [2.45, 2.75) is 32.8 Å². The highest BCUT2D eigenvalue weighted by Gasteiger charge is 2.17. The van der Waals surface area contributed by atoms with Crippen molar-refractivity contribution in [2.24, 2.45) is 0 Å². The van der Waals surface area contributed by atoms with Crippen LogP contribution in [0.3, 0.4) is 0 Å². The second-order valence-corrected chi connectivity index (χ2v) is 6.06. The molecule has 0 bridgehead atoms. The molecule has 0 aliphatic carbocycles. The molecule has 5 heteroatoms. The number of hydrogen-bond acceptors (Lipinski definition) is 3. The van der Waals surface area contributed by atoms with Gasteiger partial charge in [-0.25, -0.2) is 0 Å². The van der Waals surface area contributed by atoms with Crippen LogP contribution in [0.4, 0.5) is 5.69 Å². The number of carbonyl (C=O) groups is 1. The van der Waals surface area contributed by atoms with Gasteiger partial charge in [-0.05, 0) is 37.5 Å². The molecule has 25 heavy (non-hydrogen) atoms. The van der Waals surface area contributed by atoms with Crippen LogP contribution in [-0.4, -0.2) is 29.0 Å². The van der Waals surface area contributed by atoms with E-state index in [4.69, 9.17) is 5.73 Å². The summed E-state index contributed by atoms with van der Waals surface area (Å²) in [6, 6.07) is 15.3. The molecule has 1 unspecified atom stereocenters. The third-order valence-electron chi connectivity index (χ3n) is 4.25. The Bertz CT molecular complexity index is 674. The zero-order chi connectivity index (χ0) is 17.5. The highest BCUT2D eigenvalue weighted by Crippen LogP contribution is 2.17. The van der Waals surface area contributed by atoms with Crippen molar-refractivity contribution >= 4 is 24.0 Å². The van der Waals surface area contributed by atoms with E-state index < -0.39 is 6.10 Å². The van der Waals surface area contributed by atoms with Crippen LogP contribution in [0, 0.1) is 6.92 Å². The predicted octanol–water partition coefficient (Wildman–Crippen LogP) is 3.51. The Morgan fingerprint density at radius 3 is 2.40 bits per heavy atom. The van der Waals surface area contributed by atoms with Crippen molar-refractivity contribution in [3.05, 3.63) is 65.2 Å². The Hall–Kier alpha value is -2.04. The Morgan fingerprint density at radius 2 is 1.80 bits per heavy atom. The molecule has 0 saturated heterocycles. The van der Waals surface area contributed by atoms with E-state index in [1.165, 1.54) is 0 Å². The Labute approximate surface area is 156 Å². The number of nitrogens with two attached hydrogens (primary N) is 1. The molecule has 0 aromatic heterocycles. The minimum atomic E-state index is -0.670. The van der Waals surface area contributed by atoms with Gasteiger partial charge in [-0.3, -0.25) is 4.79 Å². The molecule has 136 valence electrons. The minimum absolute atomic E-state index is 0. The zero-order valence-electron chi connectivity index (χ0n) is 14.8. The summed E-state index contributed by atoms with van der Waals surface area (Å²) < 4.78 is 0. The Morgan fingerprint density at radius 1 is 1.16 bits per heavy atom. The second kappa shape index (κ2) is 10.1. The summed E-state index contributed by atoms with van der Waals surface area (Å²) in [6.07, 6.45) is 0.335. The molecule has 0 fully saturated rings. The molecule has 0 aliphatic heterocycles. The molecule has 2 aromatic carbocycles. The molecule has 1 atom stereocenters. The first kappa shape index (κ1) is 21.0. The van der Waals surface area contributed by atoms with Crippen molar-refractivity contribution in [1.82, 2.24) is 4.90 Å². The number of aliphatic hydroxyl groups is 1. The molecule has 0 saturated carbocycles. The number of aliphatic hydroxyl groups excluding tert-OH is 1. The first-order valence-electron chi connectivity index (χ1n) is 8.37. The quantitative estimate of drug-likeness (QED) is 0.740. The number of rotatable bonds is 7. The SMILES string of the molecule is CCN(CC(O)c1ccc(C)cc1)C(=O)CCc1ccccc1N.Cl. The molecule has 0 heterocycles. The van der Waals surface area contributed by atoms with Crippen molar-refractivity contribution in [3.63, 3.8) is 0 Å². The molecule has 3 N–H and O–H groups in total. The summed E-state index contributed by atoms with van der Waals surface area (Å²) in [6.45, 7) is 4.82. The van der Waals surface area contributed by atoms with Gasteiger partial charge in [-0.1, -0.05) is 48.0 Å². The molecule has 1 amide bonds. The number of nitrogen functional groups attached to an aromatic ring is 1. The van der Waals surface area contributed by atoms with E-state index in [1.54, 1.807) is 4.90 Å². The van der Waals surface area contributed by atoms with Crippen molar-refractivity contribution in [1.29, 1.82) is 0 Å². The number of nitrogens with zero attached hydrogens (tertiary/aromatic N) is 1. The lowest BCUT2D eigenvalue weighted by molar-refractivity contribution is -0.132. The number of benzene rings is 2. The molecular weight excluding hydrogens is 336 g/mol. The van der Waals surface area contributed by atoms with Crippen molar-refractivity contribution < 1.29 is 9.90 Å². The van der Waals surface area contributed by atoms with Crippen molar-refractivity contribution in [2.75, 3.05) is 18.8 Å². The number of aryl methyl sites for hydroxylation is 2.